The summed E-state index contributed by atoms with van der Waals surface area (Å²) in [6, 6.07) is 11.0. The first-order valence-electron chi connectivity index (χ1n) is 10.3. The maximum atomic E-state index is 14.6. The van der Waals surface area contributed by atoms with Gasteiger partial charge in [-0.1, -0.05) is 12.1 Å². The van der Waals surface area contributed by atoms with Crippen LogP contribution in [0.15, 0.2) is 36.4 Å². The van der Waals surface area contributed by atoms with Crippen molar-refractivity contribution in [1.29, 1.82) is 5.26 Å². The van der Waals surface area contributed by atoms with Crippen LogP contribution in [0.25, 0.3) is 11.1 Å². The number of hydrogen-bond acceptors (Lipinski definition) is 4. The van der Waals surface area contributed by atoms with Gasteiger partial charge in [0.1, 0.15) is 5.60 Å². The molecule has 2 aromatic rings. The number of hydrogen-bond donors (Lipinski definition) is 0. The first kappa shape index (κ1) is 19.8. The van der Waals surface area contributed by atoms with Crippen LogP contribution in [0.2, 0.25) is 0 Å². The lowest BCUT2D eigenvalue weighted by atomic mass is 10.0. The second kappa shape index (κ2) is 6.43. The summed E-state index contributed by atoms with van der Waals surface area (Å²) in [6.07, 6.45) is -0.339. The number of amides is 1. The number of halogens is 2. The second-order valence-electron chi connectivity index (χ2n) is 9.57. The number of rotatable bonds is 4. The molecular formula is C24H22F2N2O3. The Hall–Kier alpha value is -3.14. The number of carbonyl (C=O) groups excluding carboxylic acids is 1. The first-order chi connectivity index (χ1) is 14.7. The number of ether oxygens (including phenoxy) is 2. The van der Waals surface area contributed by atoms with Gasteiger partial charge in [0.25, 0.3) is 0 Å². The average Bonchev–Trinajstić information content (AvgIpc) is 3.39. The molecule has 4 aliphatic rings. The van der Waals surface area contributed by atoms with E-state index in [1.54, 1.807) is 29.2 Å². The molecule has 2 heterocycles. The summed E-state index contributed by atoms with van der Waals surface area (Å²) in [5.74, 6) is -1.29. The summed E-state index contributed by atoms with van der Waals surface area (Å²) in [7, 11) is 0. The van der Waals surface area contributed by atoms with Gasteiger partial charge in [-0.25, -0.2) is 13.6 Å². The predicted molar refractivity (Wildman–Crippen MR) is 108 cm³/mol. The third-order valence-corrected chi connectivity index (χ3v) is 6.59. The van der Waals surface area contributed by atoms with E-state index in [1.165, 1.54) is 12.1 Å². The summed E-state index contributed by atoms with van der Waals surface area (Å²) in [6.45, 7) is 6.26. The van der Waals surface area contributed by atoms with Crippen molar-refractivity contribution in [2.45, 2.75) is 32.4 Å². The van der Waals surface area contributed by atoms with E-state index in [0.29, 0.717) is 35.1 Å². The van der Waals surface area contributed by atoms with E-state index in [9.17, 15) is 13.6 Å². The van der Waals surface area contributed by atoms with E-state index < -0.39 is 23.0 Å². The molecule has 0 aromatic heterocycles. The third kappa shape index (κ3) is 3.04. The Labute approximate surface area is 179 Å². The molecule has 160 valence electrons. The monoisotopic (exact) mass is 424 g/mol. The standard InChI is InChI=1S/C24H22F2N2O3/c1-23(2,3)31-22(29)28-11-16-19-21(28)24(16,19)12-30-20-17(25)8-15(9-18(20)26)14-6-4-13(10-27)5-7-14/h4-9,16,19,21H,11-12H2,1-3H3. The zero-order valence-electron chi connectivity index (χ0n) is 17.5. The summed E-state index contributed by atoms with van der Waals surface area (Å²) in [5.41, 5.74) is 0.699. The number of fused-ring (bicyclic) bond motifs is 1. The Bertz CT molecular complexity index is 1090. The maximum absolute atomic E-state index is 14.6. The van der Waals surface area contributed by atoms with E-state index in [4.69, 9.17) is 14.7 Å². The summed E-state index contributed by atoms with van der Waals surface area (Å²) in [5, 5.41) is 8.88. The molecule has 7 heteroatoms. The highest BCUT2D eigenvalue weighted by Crippen LogP contribution is 2.85. The molecule has 5 nitrogen and oxygen atoms in total. The molecule has 0 spiro atoms. The lowest BCUT2D eigenvalue weighted by molar-refractivity contribution is 0.0271. The Morgan fingerprint density at radius 1 is 1.19 bits per heavy atom. The highest BCUT2D eigenvalue weighted by Gasteiger charge is 2.93. The van der Waals surface area contributed by atoms with Crippen LogP contribution in [-0.4, -0.2) is 35.8 Å². The van der Waals surface area contributed by atoms with Crippen LogP contribution in [0.4, 0.5) is 13.6 Å². The quantitative estimate of drug-likeness (QED) is 0.711. The van der Waals surface area contributed by atoms with Crippen molar-refractivity contribution in [3.05, 3.63) is 53.6 Å². The van der Waals surface area contributed by atoms with E-state index in [1.807, 2.05) is 26.8 Å². The van der Waals surface area contributed by atoms with Crippen molar-refractivity contribution in [2.24, 2.45) is 17.3 Å². The molecular weight excluding hydrogens is 402 g/mol. The Morgan fingerprint density at radius 3 is 2.39 bits per heavy atom. The molecule has 2 aromatic carbocycles. The van der Waals surface area contributed by atoms with Crippen molar-refractivity contribution >= 4 is 6.09 Å². The highest BCUT2D eigenvalue weighted by atomic mass is 19.1. The molecule has 2 aliphatic carbocycles. The number of carbonyl (C=O) groups is 1. The van der Waals surface area contributed by atoms with Gasteiger partial charge >= 0.3 is 6.09 Å². The first-order valence-corrected chi connectivity index (χ1v) is 10.3. The van der Waals surface area contributed by atoms with Crippen molar-refractivity contribution in [1.82, 2.24) is 4.90 Å². The van der Waals surface area contributed by atoms with E-state index in [-0.39, 0.29) is 24.2 Å². The molecule has 6 rings (SSSR count). The van der Waals surface area contributed by atoms with Gasteiger partial charge in [-0.2, -0.15) is 5.26 Å². The van der Waals surface area contributed by atoms with Crippen molar-refractivity contribution in [3.63, 3.8) is 0 Å². The highest BCUT2D eigenvalue weighted by molar-refractivity contribution is 5.73. The second-order valence-corrected chi connectivity index (χ2v) is 9.57. The zero-order valence-corrected chi connectivity index (χ0v) is 17.5. The van der Waals surface area contributed by atoms with E-state index in [2.05, 4.69) is 0 Å². The molecule has 4 unspecified atom stereocenters. The van der Waals surface area contributed by atoms with Gasteiger partial charge in [0.15, 0.2) is 17.4 Å². The molecule has 4 fully saturated rings. The summed E-state index contributed by atoms with van der Waals surface area (Å²) >= 11 is 0. The average molecular weight is 424 g/mol. The van der Waals surface area contributed by atoms with Crippen LogP contribution in [0.1, 0.15) is 26.3 Å². The molecule has 2 aliphatic heterocycles. The van der Waals surface area contributed by atoms with Crippen LogP contribution < -0.4 is 4.74 Å². The fourth-order valence-corrected chi connectivity index (χ4v) is 5.05. The Kier molecular flexibility index (Phi) is 4.11. The lowest BCUT2D eigenvalue weighted by Crippen LogP contribution is -2.36. The third-order valence-electron chi connectivity index (χ3n) is 6.59. The van der Waals surface area contributed by atoms with Crippen molar-refractivity contribution < 1.29 is 23.0 Å². The zero-order chi connectivity index (χ0) is 22.1. The maximum Gasteiger partial charge on any atom is 0.410 e. The minimum Gasteiger partial charge on any atom is -0.487 e. The van der Waals surface area contributed by atoms with Crippen molar-refractivity contribution in [3.8, 4) is 22.9 Å². The fourth-order valence-electron chi connectivity index (χ4n) is 5.05. The number of nitrogens with zero attached hydrogens (tertiary/aromatic N) is 2. The van der Waals surface area contributed by atoms with Crippen LogP contribution in [0.5, 0.6) is 5.75 Å². The molecule has 2 saturated carbocycles. The topological polar surface area (TPSA) is 62.6 Å². The molecule has 0 radical (unpaired) electrons. The van der Waals surface area contributed by atoms with E-state index >= 15 is 0 Å². The van der Waals surface area contributed by atoms with Gasteiger partial charge in [0.05, 0.1) is 18.2 Å². The molecule has 0 N–H and O–H groups in total. The number of benzene rings is 2. The van der Waals surface area contributed by atoms with Crippen LogP contribution in [0, 0.1) is 40.2 Å². The minimum absolute atomic E-state index is 0.0383. The smallest absolute Gasteiger partial charge is 0.410 e. The van der Waals surface area contributed by atoms with Gasteiger partial charge in [0, 0.05) is 18.0 Å². The molecule has 4 atom stereocenters. The Balaban J connectivity index is 1.26. The van der Waals surface area contributed by atoms with Gasteiger partial charge in [-0.05, 0) is 68.0 Å². The molecule has 2 bridgehead atoms. The predicted octanol–water partition coefficient (Wildman–Crippen LogP) is 4.75. The van der Waals surface area contributed by atoms with Crippen molar-refractivity contribution in [2.75, 3.05) is 13.2 Å². The minimum atomic E-state index is -0.773. The molecule has 1 amide bonds. The van der Waals surface area contributed by atoms with Gasteiger partial charge in [0.2, 0.25) is 0 Å². The van der Waals surface area contributed by atoms with Gasteiger partial charge in [-0.3, -0.25) is 0 Å². The molecule has 2 saturated heterocycles. The van der Waals surface area contributed by atoms with Gasteiger partial charge < -0.3 is 14.4 Å². The van der Waals surface area contributed by atoms with Crippen LogP contribution in [0.3, 0.4) is 0 Å². The summed E-state index contributed by atoms with van der Waals surface area (Å²) in [4.78, 5) is 14.1. The van der Waals surface area contributed by atoms with Crippen LogP contribution in [-0.2, 0) is 4.74 Å². The normalized spacial score (nSPS) is 27.4. The van der Waals surface area contributed by atoms with E-state index in [0.717, 1.165) is 0 Å². The summed E-state index contributed by atoms with van der Waals surface area (Å²) < 4.78 is 40.4. The lowest BCUT2D eigenvalue weighted by Gasteiger charge is -2.24. The number of piperidine rings is 1. The molecule has 31 heavy (non-hydrogen) atoms. The van der Waals surface area contributed by atoms with Crippen LogP contribution >= 0.6 is 0 Å². The largest absolute Gasteiger partial charge is 0.487 e. The number of nitriles is 1. The van der Waals surface area contributed by atoms with Gasteiger partial charge in [-0.15, -0.1) is 0 Å². The Morgan fingerprint density at radius 2 is 1.84 bits per heavy atom. The fraction of sp³-hybridized carbons (Fsp3) is 0.417. The SMILES string of the molecule is CC(C)(C)OC(=O)N1CC2C3C1C23COc1c(F)cc(-c2ccc(C#N)cc2)cc1F.